The molecule has 0 heterocycles. The number of hydrogen-bond acceptors (Lipinski definition) is 6. The molecule has 0 aromatic carbocycles. The van der Waals surface area contributed by atoms with Gasteiger partial charge < -0.3 is 14.2 Å². The van der Waals surface area contributed by atoms with Crippen molar-refractivity contribution in [3.05, 3.63) is 85.1 Å². The zero-order chi connectivity index (χ0) is 55.0. The summed E-state index contributed by atoms with van der Waals surface area (Å²) in [5.74, 6) is -0.987. The van der Waals surface area contributed by atoms with Crippen molar-refractivity contribution < 1.29 is 28.6 Å². The molecule has 0 aromatic rings. The number of carbonyl (C=O) groups is 3. The second-order valence-corrected chi connectivity index (χ2v) is 21.6. The lowest BCUT2D eigenvalue weighted by molar-refractivity contribution is -0.166. The van der Waals surface area contributed by atoms with Crippen molar-refractivity contribution in [3.63, 3.8) is 0 Å². The van der Waals surface area contributed by atoms with Crippen LogP contribution in [0.3, 0.4) is 0 Å². The zero-order valence-corrected chi connectivity index (χ0v) is 50.3. The van der Waals surface area contributed by atoms with E-state index in [1.807, 2.05) is 6.08 Å². The third-order valence-electron chi connectivity index (χ3n) is 14.1. The Bertz CT molecular complexity index is 1450. The van der Waals surface area contributed by atoms with Gasteiger partial charge in [-0.1, -0.05) is 305 Å². The third-order valence-corrected chi connectivity index (χ3v) is 14.1. The molecular weight excluding hydrogens is 937 g/mol. The molecule has 0 saturated heterocycles. The SMILES string of the molecule is CC/C=C\C/C=C\C/C=C\C/C=C\C/C=C\C/C=C\CCC(=O)OC(COC(=O)CCCCCCC/C=C\CCCCCCCC)COC(=O)CCCCCCCCCCCCCCCCCCCCCCCCCC. The summed E-state index contributed by atoms with van der Waals surface area (Å²) in [5, 5.41) is 0. The van der Waals surface area contributed by atoms with Crippen molar-refractivity contribution in [1.82, 2.24) is 0 Å². The van der Waals surface area contributed by atoms with Crippen molar-refractivity contribution >= 4 is 17.9 Å². The number of hydrogen-bond donors (Lipinski definition) is 0. The van der Waals surface area contributed by atoms with E-state index in [9.17, 15) is 14.4 Å². The van der Waals surface area contributed by atoms with Gasteiger partial charge >= 0.3 is 17.9 Å². The lowest BCUT2D eigenvalue weighted by Gasteiger charge is -2.18. The van der Waals surface area contributed by atoms with Crippen LogP contribution >= 0.6 is 0 Å². The predicted octanol–water partition coefficient (Wildman–Crippen LogP) is 22.3. The summed E-state index contributed by atoms with van der Waals surface area (Å²) in [4.78, 5) is 38.3. The highest BCUT2D eigenvalue weighted by Gasteiger charge is 2.19. The van der Waals surface area contributed by atoms with Gasteiger partial charge in [-0.15, -0.1) is 0 Å². The van der Waals surface area contributed by atoms with Crippen molar-refractivity contribution in [3.8, 4) is 0 Å². The molecule has 0 amide bonds. The first-order chi connectivity index (χ1) is 37.5. The number of rotatable bonds is 59. The molecule has 0 aliphatic heterocycles. The van der Waals surface area contributed by atoms with Crippen LogP contribution in [0.2, 0.25) is 0 Å². The van der Waals surface area contributed by atoms with Gasteiger partial charge in [-0.2, -0.15) is 0 Å². The van der Waals surface area contributed by atoms with Gasteiger partial charge in [-0.25, -0.2) is 0 Å². The quantitative estimate of drug-likeness (QED) is 0.0261. The molecule has 6 nitrogen and oxygen atoms in total. The van der Waals surface area contributed by atoms with E-state index >= 15 is 0 Å². The minimum Gasteiger partial charge on any atom is -0.462 e. The van der Waals surface area contributed by atoms with Gasteiger partial charge in [0.05, 0.1) is 0 Å². The van der Waals surface area contributed by atoms with Crippen molar-refractivity contribution in [1.29, 1.82) is 0 Å². The molecule has 1 atom stereocenters. The molecule has 0 N–H and O–H groups in total. The Morgan fingerprint density at radius 1 is 0.276 bits per heavy atom. The van der Waals surface area contributed by atoms with Crippen LogP contribution in [0.15, 0.2) is 85.1 Å². The van der Waals surface area contributed by atoms with Crippen LogP contribution in [0.1, 0.15) is 323 Å². The second kappa shape index (κ2) is 64.1. The molecule has 0 aliphatic carbocycles. The van der Waals surface area contributed by atoms with Gasteiger partial charge in [0, 0.05) is 19.3 Å². The van der Waals surface area contributed by atoms with Crippen LogP contribution in [0, 0.1) is 0 Å². The molecule has 76 heavy (non-hydrogen) atoms. The van der Waals surface area contributed by atoms with E-state index in [0.29, 0.717) is 19.3 Å². The lowest BCUT2D eigenvalue weighted by Crippen LogP contribution is -2.30. The lowest BCUT2D eigenvalue weighted by atomic mass is 10.0. The Hall–Kier alpha value is -3.41. The van der Waals surface area contributed by atoms with Crippen molar-refractivity contribution in [2.75, 3.05) is 13.2 Å². The van der Waals surface area contributed by atoms with E-state index < -0.39 is 6.10 Å². The van der Waals surface area contributed by atoms with Gasteiger partial charge in [-0.3, -0.25) is 14.4 Å². The number of esters is 3. The monoisotopic (exact) mass is 1060 g/mol. The molecule has 0 saturated carbocycles. The Labute approximate surface area is 471 Å². The first-order valence-electron chi connectivity index (χ1n) is 32.6. The number of ether oxygens (including phenoxy) is 3. The molecule has 0 aromatic heterocycles. The fourth-order valence-corrected chi connectivity index (χ4v) is 9.29. The van der Waals surface area contributed by atoms with Gasteiger partial charge in [0.1, 0.15) is 13.2 Å². The minimum atomic E-state index is -0.820. The summed E-state index contributed by atoms with van der Waals surface area (Å²) in [6.07, 6.45) is 84.7. The number of unbranched alkanes of at least 4 members (excludes halogenated alkanes) is 34. The average Bonchev–Trinajstić information content (AvgIpc) is 3.42. The summed E-state index contributed by atoms with van der Waals surface area (Å²) in [7, 11) is 0. The fourth-order valence-electron chi connectivity index (χ4n) is 9.29. The summed E-state index contributed by atoms with van der Waals surface area (Å²) in [5.41, 5.74) is 0. The van der Waals surface area contributed by atoms with E-state index in [2.05, 4.69) is 99.8 Å². The fraction of sp³-hybridized carbons (Fsp3) is 0.757. The molecule has 0 fully saturated rings. The molecule has 0 bridgehead atoms. The van der Waals surface area contributed by atoms with Crippen LogP contribution in [0.4, 0.5) is 0 Å². The van der Waals surface area contributed by atoms with Gasteiger partial charge in [0.15, 0.2) is 6.10 Å². The van der Waals surface area contributed by atoms with E-state index in [0.717, 1.165) is 89.9 Å². The maximum Gasteiger partial charge on any atom is 0.306 e. The molecule has 0 radical (unpaired) electrons. The highest BCUT2D eigenvalue weighted by molar-refractivity contribution is 5.71. The Kier molecular flexibility index (Phi) is 61.2. The summed E-state index contributed by atoms with van der Waals surface area (Å²) >= 11 is 0. The third kappa shape index (κ3) is 61.4. The van der Waals surface area contributed by atoms with Crippen LogP contribution in [-0.2, 0) is 28.6 Å². The summed E-state index contributed by atoms with van der Waals surface area (Å²) in [6.45, 7) is 6.49. The van der Waals surface area contributed by atoms with Crippen LogP contribution in [0.25, 0.3) is 0 Å². The van der Waals surface area contributed by atoms with Crippen molar-refractivity contribution in [2.24, 2.45) is 0 Å². The maximum atomic E-state index is 12.9. The molecule has 0 spiro atoms. The standard InChI is InChI=1S/C70H122O6/c1-4-7-10-13-16-19-22-25-28-30-32-33-34-35-36-38-39-42-45-48-51-54-57-60-63-69(72)75-66-67(65-74-68(71)62-59-56-53-50-47-44-41-27-24-21-18-15-12-9-6-3)76-70(73)64-61-58-55-52-49-46-43-40-37-31-29-26-23-20-17-14-11-8-5-2/h8,11,17,20,26-27,29,37,40-41,46,49,55,58,67H,4-7,9-10,12-16,18-19,21-25,28,30-36,38-39,42-45,47-48,50-54,56-57,59-66H2,1-3H3/b11-8-,20-17-,29-26-,40-37-,41-27-,49-46-,58-55-. The smallest absolute Gasteiger partial charge is 0.306 e. The molecule has 1 unspecified atom stereocenters. The molecule has 6 heteroatoms. The van der Waals surface area contributed by atoms with Gasteiger partial charge in [0.25, 0.3) is 0 Å². The molecule has 0 rings (SSSR count). The minimum absolute atomic E-state index is 0.107. The predicted molar refractivity (Wildman–Crippen MR) is 330 cm³/mol. The number of allylic oxidation sites excluding steroid dienone is 14. The summed E-state index contributed by atoms with van der Waals surface area (Å²) < 4.78 is 16.9. The zero-order valence-electron chi connectivity index (χ0n) is 50.3. The highest BCUT2D eigenvalue weighted by atomic mass is 16.6. The van der Waals surface area contributed by atoms with Gasteiger partial charge in [-0.05, 0) is 83.5 Å². The Morgan fingerprint density at radius 3 is 0.855 bits per heavy atom. The largest absolute Gasteiger partial charge is 0.462 e. The first kappa shape index (κ1) is 72.6. The van der Waals surface area contributed by atoms with E-state index in [1.165, 1.54) is 186 Å². The molecular formula is C70H122O6. The van der Waals surface area contributed by atoms with E-state index in [1.54, 1.807) is 0 Å². The normalized spacial score (nSPS) is 12.6. The van der Waals surface area contributed by atoms with Crippen molar-refractivity contribution in [2.45, 2.75) is 329 Å². The van der Waals surface area contributed by atoms with Gasteiger partial charge in [0.2, 0.25) is 0 Å². The molecule has 438 valence electrons. The van der Waals surface area contributed by atoms with E-state index in [4.69, 9.17) is 14.2 Å². The van der Waals surface area contributed by atoms with Crippen LogP contribution < -0.4 is 0 Å². The topological polar surface area (TPSA) is 78.9 Å². The summed E-state index contributed by atoms with van der Waals surface area (Å²) in [6, 6.07) is 0. The molecule has 0 aliphatic rings. The van der Waals surface area contributed by atoms with Crippen LogP contribution in [-0.4, -0.2) is 37.2 Å². The second-order valence-electron chi connectivity index (χ2n) is 21.6. The average molecular weight is 1060 g/mol. The Morgan fingerprint density at radius 2 is 0.539 bits per heavy atom. The Balaban J connectivity index is 4.40. The maximum absolute atomic E-state index is 12.9. The highest BCUT2D eigenvalue weighted by Crippen LogP contribution is 2.17. The van der Waals surface area contributed by atoms with Crippen LogP contribution in [0.5, 0.6) is 0 Å². The van der Waals surface area contributed by atoms with E-state index in [-0.39, 0.29) is 37.5 Å². The number of carbonyl (C=O) groups excluding carboxylic acids is 3. The first-order valence-corrected chi connectivity index (χ1v) is 32.6.